The van der Waals surface area contributed by atoms with E-state index < -0.39 is 0 Å². The van der Waals surface area contributed by atoms with Crippen LogP contribution in [0.3, 0.4) is 0 Å². The molecule has 4 rings (SSSR count). The van der Waals surface area contributed by atoms with E-state index in [0.29, 0.717) is 23.6 Å². The molecule has 5 nitrogen and oxygen atoms in total. The Morgan fingerprint density at radius 3 is 2.69 bits per heavy atom. The van der Waals surface area contributed by atoms with Crippen molar-refractivity contribution in [3.63, 3.8) is 0 Å². The second-order valence-electron chi connectivity index (χ2n) is 6.42. The number of hydrogen-bond acceptors (Lipinski definition) is 5. The molecule has 0 N–H and O–H groups in total. The minimum absolute atomic E-state index is 0.0288. The van der Waals surface area contributed by atoms with Crippen LogP contribution in [0.2, 0.25) is 0 Å². The van der Waals surface area contributed by atoms with Crippen LogP contribution in [0.4, 0.5) is 0 Å². The fourth-order valence-corrected chi connectivity index (χ4v) is 4.52. The van der Waals surface area contributed by atoms with Crippen LogP contribution >= 0.6 is 11.3 Å². The Balaban J connectivity index is 1.79. The van der Waals surface area contributed by atoms with Gasteiger partial charge in [0.15, 0.2) is 0 Å². The SMILES string of the molecule is COc1ccc(C2c3ccsc3CCN2C(=O)c2c(C)noc2C)cc1. The predicted molar refractivity (Wildman–Crippen MR) is 99.9 cm³/mol. The average molecular weight is 368 g/mol. The highest BCUT2D eigenvalue weighted by molar-refractivity contribution is 7.10. The van der Waals surface area contributed by atoms with Crippen LogP contribution in [0.5, 0.6) is 5.75 Å². The van der Waals surface area contributed by atoms with Gasteiger partial charge in [0, 0.05) is 11.4 Å². The van der Waals surface area contributed by atoms with Gasteiger partial charge < -0.3 is 14.2 Å². The summed E-state index contributed by atoms with van der Waals surface area (Å²) >= 11 is 1.76. The first-order chi connectivity index (χ1) is 12.6. The lowest BCUT2D eigenvalue weighted by atomic mass is 9.92. The molecule has 0 radical (unpaired) electrons. The van der Waals surface area contributed by atoms with Crippen LogP contribution < -0.4 is 4.74 Å². The van der Waals surface area contributed by atoms with Gasteiger partial charge in [-0.2, -0.15) is 0 Å². The van der Waals surface area contributed by atoms with Gasteiger partial charge in [-0.05, 0) is 55.0 Å². The molecule has 1 atom stereocenters. The average Bonchev–Trinajstić information content (AvgIpc) is 3.26. The number of rotatable bonds is 3. The molecule has 1 aliphatic heterocycles. The van der Waals surface area contributed by atoms with Gasteiger partial charge in [-0.3, -0.25) is 4.79 Å². The minimum Gasteiger partial charge on any atom is -0.497 e. The Bertz CT molecular complexity index is 923. The second kappa shape index (κ2) is 6.61. The van der Waals surface area contributed by atoms with Crippen molar-refractivity contribution < 1.29 is 14.1 Å². The lowest BCUT2D eigenvalue weighted by molar-refractivity contribution is 0.0693. The third-order valence-electron chi connectivity index (χ3n) is 4.91. The van der Waals surface area contributed by atoms with Crippen molar-refractivity contribution in [1.29, 1.82) is 0 Å². The van der Waals surface area contributed by atoms with Gasteiger partial charge in [0.1, 0.15) is 17.1 Å². The van der Waals surface area contributed by atoms with Gasteiger partial charge in [-0.1, -0.05) is 17.3 Å². The van der Waals surface area contributed by atoms with E-state index in [-0.39, 0.29) is 11.9 Å². The summed E-state index contributed by atoms with van der Waals surface area (Å²) in [5, 5.41) is 6.05. The monoisotopic (exact) mass is 368 g/mol. The largest absolute Gasteiger partial charge is 0.497 e. The second-order valence-corrected chi connectivity index (χ2v) is 7.42. The third-order valence-corrected chi connectivity index (χ3v) is 5.90. The number of amides is 1. The summed E-state index contributed by atoms with van der Waals surface area (Å²) in [6, 6.07) is 9.95. The Labute approximate surface area is 156 Å². The molecular weight excluding hydrogens is 348 g/mol. The van der Waals surface area contributed by atoms with Crippen molar-refractivity contribution in [2.75, 3.05) is 13.7 Å². The van der Waals surface area contributed by atoms with E-state index in [1.165, 1.54) is 10.4 Å². The fraction of sp³-hybridized carbons (Fsp3) is 0.300. The number of carbonyl (C=O) groups is 1. The molecule has 6 heteroatoms. The molecule has 0 saturated carbocycles. The van der Waals surface area contributed by atoms with Crippen molar-refractivity contribution in [2.24, 2.45) is 0 Å². The third kappa shape index (κ3) is 2.70. The topological polar surface area (TPSA) is 55.6 Å². The van der Waals surface area contributed by atoms with Crippen LogP contribution in [-0.2, 0) is 6.42 Å². The lowest BCUT2D eigenvalue weighted by Gasteiger charge is -2.36. The molecule has 0 aliphatic carbocycles. The summed E-state index contributed by atoms with van der Waals surface area (Å²) < 4.78 is 10.5. The van der Waals surface area contributed by atoms with Gasteiger partial charge >= 0.3 is 0 Å². The summed E-state index contributed by atoms with van der Waals surface area (Å²) in [5.74, 6) is 1.34. The first-order valence-electron chi connectivity index (χ1n) is 8.54. The zero-order valence-electron chi connectivity index (χ0n) is 15.0. The molecule has 3 heterocycles. The summed E-state index contributed by atoms with van der Waals surface area (Å²) in [5.41, 5.74) is 3.48. The van der Waals surface area contributed by atoms with Crippen LogP contribution in [0.25, 0.3) is 0 Å². The molecule has 134 valence electrons. The smallest absolute Gasteiger partial charge is 0.260 e. The molecule has 0 fully saturated rings. The van der Waals surface area contributed by atoms with E-state index in [0.717, 1.165) is 17.7 Å². The number of fused-ring (bicyclic) bond motifs is 1. The molecule has 1 unspecified atom stereocenters. The quantitative estimate of drug-likeness (QED) is 0.697. The zero-order valence-corrected chi connectivity index (χ0v) is 15.8. The maximum absolute atomic E-state index is 13.3. The number of hydrogen-bond donors (Lipinski definition) is 0. The molecule has 2 aromatic heterocycles. The number of aryl methyl sites for hydroxylation is 2. The molecule has 26 heavy (non-hydrogen) atoms. The van der Waals surface area contributed by atoms with E-state index in [4.69, 9.17) is 9.26 Å². The highest BCUT2D eigenvalue weighted by atomic mass is 32.1. The van der Waals surface area contributed by atoms with Crippen LogP contribution in [0.15, 0.2) is 40.2 Å². The van der Waals surface area contributed by atoms with E-state index in [1.54, 1.807) is 25.4 Å². The Morgan fingerprint density at radius 2 is 2.04 bits per heavy atom. The summed E-state index contributed by atoms with van der Waals surface area (Å²) in [4.78, 5) is 16.6. The highest BCUT2D eigenvalue weighted by Gasteiger charge is 2.35. The number of nitrogens with zero attached hydrogens (tertiary/aromatic N) is 2. The number of ether oxygens (including phenoxy) is 1. The summed E-state index contributed by atoms with van der Waals surface area (Å²) in [7, 11) is 1.65. The summed E-state index contributed by atoms with van der Waals surface area (Å²) in [6.45, 7) is 4.27. The zero-order chi connectivity index (χ0) is 18.3. The number of aromatic nitrogens is 1. The maximum atomic E-state index is 13.3. The first kappa shape index (κ1) is 16.8. The van der Waals surface area contributed by atoms with E-state index in [1.807, 2.05) is 36.1 Å². The predicted octanol–water partition coefficient (Wildman–Crippen LogP) is 4.15. The minimum atomic E-state index is -0.114. The lowest BCUT2D eigenvalue weighted by Crippen LogP contribution is -2.40. The Hall–Kier alpha value is -2.60. The van der Waals surface area contributed by atoms with E-state index in [2.05, 4.69) is 16.6 Å². The molecule has 1 amide bonds. The molecule has 3 aromatic rings. The molecule has 0 bridgehead atoms. The van der Waals surface area contributed by atoms with Crippen molar-refractivity contribution in [3.8, 4) is 5.75 Å². The van der Waals surface area contributed by atoms with Gasteiger partial charge in [-0.25, -0.2) is 0 Å². The number of methoxy groups -OCH3 is 1. The van der Waals surface area contributed by atoms with E-state index in [9.17, 15) is 4.79 Å². The van der Waals surface area contributed by atoms with Gasteiger partial charge in [0.25, 0.3) is 5.91 Å². The highest BCUT2D eigenvalue weighted by Crippen LogP contribution is 2.39. The molecule has 1 aliphatic rings. The summed E-state index contributed by atoms with van der Waals surface area (Å²) in [6.07, 6.45) is 0.870. The van der Waals surface area contributed by atoms with Crippen LogP contribution in [0.1, 0.15) is 43.9 Å². The number of carbonyl (C=O) groups excluding carboxylic acids is 1. The van der Waals surface area contributed by atoms with Gasteiger partial charge in [-0.15, -0.1) is 11.3 Å². The molecule has 1 aromatic carbocycles. The van der Waals surface area contributed by atoms with Gasteiger partial charge in [0.05, 0.1) is 18.8 Å². The van der Waals surface area contributed by atoms with Crippen LogP contribution in [0, 0.1) is 13.8 Å². The van der Waals surface area contributed by atoms with E-state index >= 15 is 0 Å². The Kier molecular flexibility index (Phi) is 4.28. The van der Waals surface area contributed by atoms with Crippen molar-refractivity contribution in [1.82, 2.24) is 10.1 Å². The first-order valence-corrected chi connectivity index (χ1v) is 9.42. The molecule has 0 spiro atoms. The number of thiophene rings is 1. The van der Waals surface area contributed by atoms with Crippen molar-refractivity contribution >= 4 is 17.2 Å². The van der Waals surface area contributed by atoms with Gasteiger partial charge in [0.2, 0.25) is 0 Å². The maximum Gasteiger partial charge on any atom is 0.260 e. The Morgan fingerprint density at radius 1 is 1.27 bits per heavy atom. The number of benzene rings is 1. The fourth-order valence-electron chi connectivity index (χ4n) is 3.61. The normalized spacial score (nSPS) is 16.4. The molecule has 0 saturated heterocycles. The van der Waals surface area contributed by atoms with Crippen LogP contribution in [-0.4, -0.2) is 29.6 Å². The van der Waals surface area contributed by atoms with Crippen molar-refractivity contribution in [3.05, 3.63) is 68.7 Å². The van der Waals surface area contributed by atoms with Crippen molar-refractivity contribution in [2.45, 2.75) is 26.3 Å². The molecular formula is C20H20N2O3S. The standard InChI is InChI=1S/C20H20N2O3S/c1-12-18(13(2)25-21-12)20(23)22-10-8-17-16(9-11-26-17)19(22)14-4-6-15(24-3)7-5-14/h4-7,9,11,19H,8,10H2,1-3H3.